The molecular formula is C18H16F3NO4. The normalized spacial score (nSPS) is 11.0. The summed E-state index contributed by atoms with van der Waals surface area (Å²) >= 11 is 0. The molecule has 0 saturated carbocycles. The van der Waals surface area contributed by atoms with Crippen LogP contribution in [0.4, 0.5) is 18.9 Å². The number of amides is 1. The molecule has 0 radical (unpaired) electrons. The van der Waals surface area contributed by atoms with E-state index in [0.29, 0.717) is 17.8 Å². The molecule has 0 unspecified atom stereocenters. The Labute approximate surface area is 147 Å². The van der Waals surface area contributed by atoms with E-state index >= 15 is 0 Å². The summed E-state index contributed by atoms with van der Waals surface area (Å²) in [6.07, 6.45) is -4.24. The third-order valence-electron chi connectivity index (χ3n) is 3.58. The molecular weight excluding hydrogens is 351 g/mol. The van der Waals surface area contributed by atoms with Gasteiger partial charge in [-0.3, -0.25) is 9.59 Å². The van der Waals surface area contributed by atoms with Crippen molar-refractivity contribution >= 4 is 17.9 Å². The first kappa shape index (κ1) is 19.3. The Kier molecular flexibility index (Phi) is 5.86. The summed E-state index contributed by atoms with van der Waals surface area (Å²) < 4.78 is 48.4. The van der Waals surface area contributed by atoms with Gasteiger partial charge in [-0.15, -0.1) is 0 Å². The molecule has 0 aliphatic rings. The number of hydrogen-bond acceptors (Lipinski definition) is 4. The molecule has 2 aromatic carbocycles. The van der Waals surface area contributed by atoms with E-state index in [-0.39, 0.29) is 23.2 Å². The first-order valence-corrected chi connectivity index (χ1v) is 7.45. The van der Waals surface area contributed by atoms with Gasteiger partial charge in [-0.05, 0) is 17.7 Å². The lowest BCUT2D eigenvalue weighted by molar-refractivity contribution is -0.137. The quantitative estimate of drug-likeness (QED) is 0.791. The average Bonchev–Trinajstić information content (AvgIpc) is 2.60. The van der Waals surface area contributed by atoms with Crippen molar-refractivity contribution in [2.24, 2.45) is 0 Å². The Balaban J connectivity index is 2.21. The van der Waals surface area contributed by atoms with Gasteiger partial charge in [0.25, 0.3) is 0 Å². The fourth-order valence-corrected chi connectivity index (χ4v) is 2.34. The lowest BCUT2D eigenvalue weighted by Crippen LogP contribution is -2.16. The second-order valence-electron chi connectivity index (χ2n) is 5.34. The fourth-order valence-electron chi connectivity index (χ4n) is 2.34. The van der Waals surface area contributed by atoms with Gasteiger partial charge in [-0.2, -0.15) is 13.2 Å². The minimum Gasteiger partial charge on any atom is -0.493 e. The second kappa shape index (κ2) is 7.90. The van der Waals surface area contributed by atoms with Crippen molar-refractivity contribution < 1.29 is 32.2 Å². The van der Waals surface area contributed by atoms with E-state index in [1.807, 2.05) is 0 Å². The molecule has 0 bridgehead atoms. The van der Waals surface area contributed by atoms with Crippen molar-refractivity contribution in [3.05, 3.63) is 53.1 Å². The predicted octanol–water partition coefficient (Wildman–Crippen LogP) is 3.72. The van der Waals surface area contributed by atoms with Crippen LogP contribution in [0.25, 0.3) is 0 Å². The number of alkyl halides is 3. The number of benzene rings is 2. The summed E-state index contributed by atoms with van der Waals surface area (Å²) in [5, 5.41) is 2.51. The number of hydrogen-bond donors (Lipinski definition) is 1. The number of anilines is 1. The van der Waals surface area contributed by atoms with Crippen LogP contribution in [0.2, 0.25) is 0 Å². The Hall–Kier alpha value is -3.03. The highest BCUT2D eigenvalue weighted by Crippen LogP contribution is 2.33. The average molecular weight is 367 g/mol. The molecule has 0 spiro atoms. The van der Waals surface area contributed by atoms with Gasteiger partial charge in [0, 0.05) is 11.6 Å². The summed E-state index contributed by atoms with van der Waals surface area (Å²) in [7, 11) is 2.80. The Bertz CT molecular complexity index is 819. The molecule has 2 rings (SSSR count). The zero-order chi connectivity index (χ0) is 19.3. The Morgan fingerprint density at radius 3 is 2.35 bits per heavy atom. The van der Waals surface area contributed by atoms with Crippen LogP contribution in [-0.2, 0) is 17.4 Å². The van der Waals surface area contributed by atoms with Gasteiger partial charge < -0.3 is 14.8 Å². The van der Waals surface area contributed by atoms with Crippen molar-refractivity contribution in [3.8, 4) is 11.5 Å². The smallest absolute Gasteiger partial charge is 0.416 e. The Morgan fingerprint density at radius 1 is 1.12 bits per heavy atom. The van der Waals surface area contributed by atoms with Crippen molar-refractivity contribution in [3.63, 3.8) is 0 Å². The van der Waals surface area contributed by atoms with Crippen molar-refractivity contribution in [1.82, 2.24) is 0 Å². The molecule has 138 valence electrons. The summed E-state index contributed by atoms with van der Waals surface area (Å²) in [5.41, 5.74) is -0.303. The lowest BCUT2D eigenvalue weighted by Gasteiger charge is -2.13. The zero-order valence-corrected chi connectivity index (χ0v) is 14.0. The van der Waals surface area contributed by atoms with Crippen LogP contribution >= 0.6 is 0 Å². The zero-order valence-electron chi connectivity index (χ0n) is 14.0. The van der Waals surface area contributed by atoms with Gasteiger partial charge in [0.15, 0.2) is 17.8 Å². The number of carbonyl (C=O) groups excluding carboxylic acids is 2. The van der Waals surface area contributed by atoms with Crippen molar-refractivity contribution in [1.29, 1.82) is 0 Å². The highest BCUT2D eigenvalue weighted by atomic mass is 19.4. The predicted molar refractivity (Wildman–Crippen MR) is 88.7 cm³/mol. The summed E-state index contributed by atoms with van der Waals surface area (Å²) in [6, 6.07) is 7.30. The molecule has 0 heterocycles. The molecule has 0 saturated heterocycles. The summed E-state index contributed by atoms with van der Waals surface area (Å²) in [4.78, 5) is 23.4. The van der Waals surface area contributed by atoms with Crippen LogP contribution in [0, 0.1) is 0 Å². The van der Waals surface area contributed by atoms with Gasteiger partial charge in [0.2, 0.25) is 5.91 Å². The highest BCUT2D eigenvalue weighted by molar-refractivity contribution is 5.98. The molecule has 0 aromatic heterocycles. The summed E-state index contributed by atoms with van der Waals surface area (Å²) in [6.45, 7) is 0. The van der Waals surface area contributed by atoms with Crippen LogP contribution < -0.4 is 14.8 Å². The number of nitrogens with one attached hydrogen (secondary N) is 1. The van der Waals surface area contributed by atoms with E-state index in [1.54, 1.807) is 0 Å². The van der Waals surface area contributed by atoms with E-state index in [0.717, 1.165) is 12.1 Å². The van der Waals surface area contributed by atoms with Crippen LogP contribution in [-0.4, -0.2) is 26.4 Å². The van der Waals surface area contributed by atoms with Crippen molar-refractivity contribution in [2.45, 2.75) is 12.6 Å². The molecule has 0 aliphatic heterocycles. The number of ether oxygens (including phenoxy) is 2. The van der Waals surface area contributed by atoms with E-state index in [2.05, 4.69) is 5.32 Å². The molecule has 26 heavy (non-hydrogen) atoms. The van der Waals surface area contributed by atoms with Gasteiger partial charge in [0.05, 0.1) is 31.9 Å². The van der Waals surface area contributed by atoms with E-state index < -0.39 is 17.6 Å². The SMILES string of the molecule is COc1cc(C=O)c(NC(=O)Cc2cccc(C(F)(F)F)c2)cc1OC. The maximum atomic E-state index is 12.7. The molecule has 1 amide bonds. The molecule has 0 aliphatic carbocycles. The third kappa shape index (κ3) is 4.53. The fraction of sp³-hybridized carbons (Fsp3) is 0.222. The minimum absolute atomic E-state index is 0.153. The maximum Gasteiger partial charge on any atom is 0.416 e. The summed E-state index contributed by atoms with van der Waals surface area (Å²) in [5.74, 6) is 0.0394. The molecule has 0 fully saturated rings. The van der Waals surface area contributed by atoms with Crippen molar-refractivity contribution in [2.75, 3.05) is 19.5 Å². The Morgan fingerprint density at radius 2 is 1.77 bits per heavy atom. The maximum absolute atomic E-state index is 12.7. The standard InChI is InChI=1S/C18H16F3NO4/c1-25-15-8-12(10-23)14(9-16(15)26-2)22-17(24)7-11-4-3-5-13(6-11)18(19,20)21/h3-6,8-10H,7H2,1-2H3,(H,22,24). The van der Waals surface area contributed by atoms with Crippen LogP contribution in [0.1, 0.15) is 21.5 Å². The lowest BCUT2D eigenvalue weighted by atomic mass is 10.1. The van der Waals surface area contributed by atoms with Crippen LogP contribution in [0.15, 0.2) is 36.4 Å². The van der Waals surface area contributed by atoms with Gasteiger partial charge in [0.1, 0.15) is 0 Å². The van der Waals surface area contributed by atoms with E-state index in [4.69, 9.17) is 9.47 Å². The van der Waals surface area contributed by atoms with E-state index in [1.165, 1.54) is 38.5 Å². The number of rotatable bonds is 6. The monoisotopic (exact) mass is 367 g/mol. The molecule has 8 heteroatoms. The number of aldehydes is 1. The van der Waals surface area contributed by atoms with Gasteiger partial charge in [-0.25, -0.2) is 0 Å². The van der Waals surface area contributed by atoms with Gasteiger partial charge in [-0.1, -0.05) is 18.2 Å². The minimum atomic E-state index is -4.49. The molecule has 1 N–H and O–H groups in total. The topological polar surface area (TPSA) is 64.6 Å². The third-order valence-corrected chi connectivity index (χ3v) is 3.58. The first-order chi connectivity index (χ1) is 12.3. The van der Waals surface area contributed by atoms with Crippen LogP contribution in [0.5, 0.6) is 11.5 Å². The van der Waals surface area contributed by atoms with Crippen LogP contribution in [0.3, 0.4) is 0 Å². The molecule has 2 aromatic rings. The first-order valence-electron chi connectivity index (χ1n) is 7.45. The highest BCUT2D eigenvalue weighted by Gasteiger charge is 2.30. The second-order valence-corrected chi connectivity index (χ2v) is 5.34. The molecule has 0 atom stereocenters. The van der Waals surface area contributed by atoms with Gasteiger partial charge >= 0.3 is 6.18 Å². The number of halogens is 3. The number of carbonyl (C=O) groups is 2. The van der Waals surface area contributed by atoms with E-state index in [9.17, 15) is 22.8 Å². The molecule has 5 nitrogen and oxygen atoms in total. The largest absolute Gasteiger partial charge is 0.493 e. The number of methoxy groups -OCH3 is 2.